The average Bonchev–Trinajstić information content (AvgIpc) is 2.91. The molecule has 1 unspecified atom stereocenters. The summed E-state index contributed by atoms with van der Waals surface area (Å²) in [4.78, 5) is 4.89. The van der Waals surface area contributed by atoms with Gasteiger partial charge in [0.1, 0.15) is 0 Å². The van der Waals surface area contributed by atoms with Crippen molar-refractivity contribution in [1.29, 1.82) is 0 Å². The topological polar surface area (TPSA) is 12.4 Å². The van der Waals surface area contributed by atoms with Crippen molar-refractivity contribution in [3.8, 4) is 0 Å². The van der Waals surface area contributed by atoms with Gasteiger partial charge in [-0.2, -0.15) is 0 Å². The van der Waals surface area contributed by atoms with E-state index in [1.54, 1.807) is 0 Å². The molecule has 0 aromatic heterocycles. The van der Waals surface area contributed by atoms with Crippen LogP contribution >= 0.6 is 17.0 Å². The van der Waals surface area contributed by atoms with E-state index in [1.807, 2.05) is 0 Å². The van der Waals surface area contributed by atoms with E-state index in [2.05, 4.69) is 81.4 Å². The van der Waals surface area contributed by atoms with Crippen LogP contribution in [0.3, 0.4) is 0 Å². The molecule has 0 fully saturated rings. The van der Waals surface area contributed by atoms with E-state index >= 15 is 0 Å². The van der Waals surface area contributed by atoms with Crippen LogP contribution in [0.5, 0.6) is 0 Å². The minimum atomic E-state index is 0. The van der Waals surface area contributed by atoms with Gasteiger partial charge in [0.25, 0.3) is 0 Å². The summed E-state index contributed by atoms with van der Waals surface area (Å²) in [5, 5.41) is 2.38. The molecule has 0 saturated heterocycles. The highest BCUT2D eigenvalue weighted by atomic mass is 79.9. The zero-order chi connectivity index (χ0) is 16.0. The van der Waals surface area contributed by atoms with Crippen molar-refractivity contribution >= 4 is 22.6 Å². The molecule has 0 bridgehead atoms. The lowest BCUT2D eigenvalue weighted by molar-refractivity contribution is 0.500. The number of fused-ring (bicyclic) bond motifs is 2. The summed E-state index contributed by atoms with van der Waals surface area (Å²) >= 11 is 0. The Morgan fingerprint density at radius 1 is 0.917 bits per heavy atom. The Morgan fingerprint density at radius 3 is 2.33 bits per heavy atom. The molecule has 2 aromatic carbocycles. The molecule has 0 amide bonds. The van der Waals surface area contributed by atoms with Gasteiger partial charge in [0.2, 0.25) is 0 Å². The molecular weight excluding hydrogens is 358 g/mol. The van der Waals surface area contributed by atoms with E-state index in [-0.39, 0.29) is 22.4 Å². The van der Waals surface area contributed by atoms with Gasteiger partial charge in [0.05, 0.1) is 11.1 Å². The zero-order valence-corrected chi connectivity index (χ0v) is 16.0. The second-order valence-corrected chi connectivity index (χ2v) is 6.86. The molecule has 0 N–H and O–H groups in total. The minimum absolute atomic E-state index is 0. The number of nitrogens with zero attached hydrogens (tertiary/aromatic N) is 1. The third kappa shape index (κ3) is 2.59. The minimum Gasteiger partial charge on any atom is -0.248 e. The maximum atomic E-state index is 4.89. The predicted octanol–water partition coefficient (Wildman–Crippen LogP) is 4.53. The molecule has 0 saturated carbocycles. The largest absolute Gasteiger partial charge is 0.248 e. The molecular formula is C22H22BrN. The summed E-state index contributed by atoms with van der Waals surface area (Å²) < 4.78 is 0. The van der Waals surface area contributed by atoms with Crippen LogP contribution in [-0.2, 0) is 6.42 Å². The van der Waals surface area contributed by atoms with Crippen molar-refractivity contribution in [3.05, 3.63) is 93.7 Å². The number of halogens is 1. The SMILES string of the molecule is Br.CC1=C(C)C(C)(Cc2ccccc2)C=C2N=c3ccccc3=C21. The average molecular weight is 380 g/mol. The standard InChI is InChI=1S/C22H21N.BrH/c1-15-16(2)22(3,13-17-9-5-4-6-10-17)14-20-21(15)18-11-7-8-12-19(18)23-20;/h4-12,14H,13H2,1-3H3;1H. The smallest absolute Gasteiger partial charge is 0.0716 e. The molecule has 1 nitrogen and oxygen atoms in total. The molecule has 1 atom stereocenters. The monoisotopic (exact) mass is 379 g/mol. The molecule has 1 aliphatic carbocycles. The Bertz CT molecular complexity index is 967. The summed E-state index contributed by atoms with van der Waals surface area (Å²) in [5.41, 5.74) is 6.70. The van der Waals surface area contributed by atoms with Crippen LogP contribution < -0.4 is 10.6 Å². The van der Waals surface area contributed by atoms with Crippen LogP contribution in [0.4, 0.5) is 0 Å². The van der Waals surface area contributed by atoms with E-state index in [0.29, 0.717) is 0 Å². The maximum Gasteiger partial charge on any atom is 0.0716 e. The van der Waals surface area contributed by atoms with Gasteiger partial charge in [0.15, 0.2) is 0 Å². The third-order valence-corrected chi connectivity index (χ3v) is 5.33. The van der Waals surface area contributed by atoms with Crippen LogP contribution in [0.25, 0.3) is 5.57 Å². The van der Waals surface area contributed by atoms with E-state index in [1.165, 1.54) is 27.5 Å². The van der Waals surface area contributed by atoms with Gasteiger partial charge in [-0.1, -0.05) is 61.0 Å². The van der Waals surface area contributed by atoms with Gasteiger partial charge < -0.3 is 0 Å². The number of hydrogen-bond acceptors (Lipinski definition) is 1. The Balaban J connectivity index is 0.00000169. The molecule has 4 rings (SSSR count). The zero-order valence-electron chi connectivity index (χ0n) is 14.3. The lowest BCUT2D eigenvalue weighted by atomic mass is 9.70. The third-order valence-electron chi connectivity index (χ3n) is 5.33. The summed E-state index contributed by atoms with van der Waals surface area (Å²) in [6, 6.07) is 19.2. The lowest BCUT2D eigenvalue weighted by Gasteiger charge is -2.34. The number of rotatable bonds is 2. The van der Waals surface area contributed by atoms with E-state index in [9.17, 15) is 0 Å². The van der Waals surface area contributed by atoms with E-state index < -0.39 is 0 Å². The van der Waals surface area contributed by atoms with Gasteiger partial charge in [-0.05, 0) is 43.5 Å². The second-order valence-electron chi connectivity index (χ2n) is 6.86. The molecule has 0 radical (unpaired) electrons. The molecule has 24 heavy (non-hydrogen) atoms. The van der Waals surface area contributed by atoms with E-state index in [0.717, 1.165) is 17.5 Å². The van der Waals surface area contributed by atoms with Crippen LogP contribution in [0.15, 0.2) is 82.5 Å². The first-order valence-electron chi connectivity index (χ1n) is 8.22. The highest BCUT2D eigenvalue weighted by molar-refractivity contribution is 8.93. The second kappa shape index (κ2) is 6.18. The molecule has 122 valence electrons. The molecule has 1 heterocycles. The van der Waals surface area contributed by atoms with Gasteiger partial charge in [-0.3, -0.25) is 0 Å². The highest BCUT2D eigenvalue weighted by Crippen LogP contribution is 2.44. The van der Waals surface area contributed by atoms with Crippen molar-refractivity contribution in [2.24, 2.45) is 10.4 Å². The Morgan fingerprint density at radius 2 is 1.58 bits per heavy atom. The van der Waals surface area contributed by atoms with Crippen LogP contribution in [-0.4, -0.2) is 0 Å². The van der Waals surface area contributed by atoms with Crippen molar-refractivity contribution in [2.75, 3.05) is 0 Å². The van der Waals surface area contributed by atoms with Crippen LogP contribution in [0, 0.1) is 5.41 Å². The first kappa shape index (κ1) is 16.9. The Hall–Kier alpha value is -1.93. The first-order chi connectivity index (χ1) is 11.1. The summed E-state index contributed by atoms with van der Waals surface area (Å²) in [6.45, 7) is 6.86. The first-order valence-corrected chi connectivity index (χ1v) is 8.22. The van der Waals surface area contributed by atoms with Crippen molar-refractivity contribution in [3.63, 3.8) is 0 Å². The van der Waals surface area contributed by atoms with Gasteiger partial charge >= 0.3 is 0 Å². The number of benzene rings is 2. The van der Waals surface area contributed by atoms with Crippen molar-refractivity contribution in [2.45, 2.75) is 27.2 Å². The molecule has 2 aromatic rings. The fourth-order valence-corrected chi connectivity index (χ4v) is 3.83. The summed E-state index contributed by atoms with van der Waals surface area (Å²) in [7, 11) is 0. The molecule has 1 aliphatic heterocycles. The Labute approximate surface area is 153 Å². The molecule has 2 aliphatic rings. The highest BCUT2D eigenvalue weighted by Gasteiger charge is 2.33. The van der Waals surface area contributed by atoms with E-state index in [4.69, 9.17) is 4.99 Å². The number of allylic oxidation sites excluding steroid dienone is 3. The lowest BCUT2D eigenvalue weighted by Crippen LogP contribution is -2.26. The molecule has 2 heteroatoms. The summed E-state index contributed by atoms with van der Waals surface area (Å²) in [6.07, 6.45) is 3.39. The van der Waals surface area contributed by atoms with Crippen molar-refractivity contribution < 1.29 is 0 Å². The number of para-hydroxylation sites is 1. The summed E-state index contributed by atoms with van der Waals surface area (Å²) in [5.74, 6) is 0. The quantitative estimate of drug-likeness (QED) is 0.726. The molecule has 0 spiro atoms. The normalized spacial score (nSPS) is 21.5. The fraction of sp³-hybridized carbons (Fsp3) is 0.227. The number of hydrogen-bond donors (Lipinski definition) is 0. The maximum absolute atomic E-state index is 4.89. The van der Waals surface area contributed by atoms with Gasteiger partial charge in [0, 0.05) is 16.2 Å². The van der Waals surface area contributed by atoms with Gasteiger partial charge in [-0.15, -0.1) is 17.0 Å². The van der Waals surface area contributed by atoms with Crippen LogP contribution in [0.2, 0.25) is 0 Å². The van der Waals surface area contributed by atoms with Gasteiger partial charge in [-0.25, -0.2) is 4.99 Å². The fourth-order valence-electron chi connectivity index (χ4n) is 3.83. The Kier molecular flexibility index (Phi) is 4.35. The van der Waals surface area contributed by atoms with Crippen LogP contribution in [0.1, 0.15) is 26.3 Å². The van der Waals surface area contributed by atoms with Crippen molar-refractivity contribution in [1.82, 2.24) is 0 Å². The predicted molar refractivity (Wildman–Crippen MR) is 106 cm³/mol.